The monoisotopic (exact) mass is 416 g/mol. The number of hydrogen-bond donors (Lipinski definition) is 2. The Balaban J connectivity index is 1.85. The average Bonchev–Trinajstić information content (AvgIpc) is 2.67. The van der Waals surface area contributed by atoms with Gasteiger partial charge in [0.2, 0.25) is 0 Å². The molecule has 29 heavy (non-hydrogen) atoms. The summed E-state index contributed by atoms with van der Waals surface area (Å²) in [5, 5.41) is 2.63. The molecule has 1 saturated carbocycles. The molecule has 2 N–H and O–H groups in total. The first kappa shape index (κ1) is 23.0. The largest absolute Gasteiger partial charge is 0.573 e. The van der Waals surface area contributed by atoms with Crippen molar-refractivity contribution in [3.63, 3.8) is 0 Å². The van der Waals surface area contributed by atoms with E-state index in [0.717, 1.165) is 42.7 Å². The molecule has 0 radical (unpaired) electrons. The van der Waals surface area contributed by atoms with Crippen molar-refractivity contribution in [2.24, 2.45) is 0 Å². The van der Waals surface area contributed by atoms with Gasteiger partial charge in [-0.25, -0.2) is 0 Å². The van der Waals surface area contributed by atoms with Gasteiger partial charge in [-0.2, -0.15) is 0 Å². The average molecular weight is 416 g/mol. The van der Waals surface area contributed by atoms with Crippen LogP contribution in [-0.4, -0.2) is 55.8 Å². The number of alkyl halides is 3. The lowest BCUT2D eigenvalue weighted by molar-refractivity contribution is -0.886. The van der Waals surface area contributed by atoms with Gasteiger partial charge < -0.3 is 19.9 Å². The van der Waals surface area contributed by atoms with Gasteiger partial charge in [-0.1, -0.05) is 19.3 Å². The third kappa shape index (κ3) is 7.23. The maximum atomic E-state index is 12.7. The fourth-order valence-electron chi connectivity index (χ4n) is 3.52. The number of likely N-dealkylation sites (N-methyl/N-ethyl adjacent to an activating group) is 2. The van der Waals surface area contributed by atoms with E-state index in [0.29, 0.717) is 5.69 Å². The van der Waals surface area contributed by atoms with E-state index in [9.17, 15) is 22.8 Å². The molecule has 0 aliphatic heterocycles. The number of nitrogens with zero attached hydrogens (tertiary/aromatic N) is 1. The van der Waals surface area contributed by atoms with E-state index in [2.05, 4.69) is 10.1 Å². The van der Waals surface area contributed by atoms with Gasteiger partial charge in [0.25, 0.3) is 11.8 Å². The van der Waals surface area contributed by atoms with Crippen molar-refractivity contribution in [3.8, 4) is 5.75 Å². The molecule has 1 aromatic rings. The molecule has 2 amide bonds. The third-order valence-corrected chi connectivity index (χ3v) is 5.39. The van der Waals surface area contributed by atoms with Crippen LogP contribution in [0.5, 0.6) is 5.75 Å². The number of carbonyl (C=O) groups is 2. The quantitative estimate of drug-likeness (QED) is 0.717. The molecule has 2 rings (SSSR count). The first-order valence-corrected chi connectivity index (χ1v) is 9.81. The minimum Gasteiger partial charge on any atom is -0.406 e. The lowest BCUT2D eigenvalue weighted by atomic mass is 9.94. The van der Waals surface area contributed by atoms with Gasteiger partial charge in [-0.3, -0.25) is 9.59 Å². The van der Waals surface area contributed by atoms with E-state index in [1.165, 1.54) is 18.6 Å². The van der Waals surface area contributed by atoms with Crippen molar-refractivity contribution in [1.29, 1.82) is 0 Å². The van der Waals surface area contributed by atoms with Gasteiger partial charge in [-0.15, -0.1) is 13.2 Å². The van der Waals surface area contributed by atoms with Crippen LogP contribution < -0.4 is 15.0 Å². The molecular weight excluding hydrogens is 387 g/mol. The van der Waals surface area contributed by atoms with Crippen molar-refractivity contribution in [2.45, 2.75) is 57.5 Å². The van der Waals surface area contributed by atoms with Crippen LogP contribution in [0.25, 0.3) is 0 Å². The molecule has 1 aromatic carbocycles. The van der Waals surface area contributed by atoms with Crippen LogP contribution in [0, 0.1) is 0 Å². The van der Waals surface area contributed by atoms with E-state index < -0.39 is 6.36 Å². The minimum atomic E-state index is -4.76. The summed E-state index contributed by atoms with van der Waals surface area (Å²) < 4.78 is 40.4. The zero-order valence-electron chi connectivity index (χ0n) is 17.0. The number of ether oxygens (including phenoxy) is 1. The second-order valence-corrected chi connectivity index (χ2v) is 7.61. The van der Waals surface area contributed by atoms with E-state index in [-0.39, 0.29) is 36.2 Å². The summed E-state index contributed by atoms with van der Waals surface area (Å²) in [5.41, 5.74) is 0.357. The smallest absolute Gasteiger partial charge is 0.406 e. The number of benzene rings is 1. The van der Waals surface area contributed by atoms with Gasteiger partial charge in [0, 0.05) is 18.8 Å². The topological polar surface area (TPSA) is 63.1 Å². The van der Waals surface area contributed by atoms with Gasteiger partial charge in [-0.05, 0) is 44.0 Å². The number of amides is 2. The molecule has 162 valence electrons. The Hall–Kier alpha value is -2.29. The standard InChI is InChI=1S/C20H28F3N3O3/c1-14(19(28)26(3)16-7-5-4-6-8-16)25(2)13-18(27)24-15-9-11-17(12-10-15)29-20(21,22)23/h9-12,14,16H,4-8,13H2,1-3H3,(H,24,27)/p+1/t14-/m1/s1. The third-order valence-electron chi connectivity index (χ3n) is 5.39. The lowest BCUT2D eigenvalue weighted by Crippen LogP contribution is -3.15. The molecule has 1 aliphatic rings. The minimum absolute atomic E-state index is 0.0100. The predicted molar refractivity (Wildman–Crippen MR) is 103 cm³/mol. The SMILES string of the molecule is C[C@H](C(=O)N(C)C1CCCCC1)[NH+](C)CC(=O)Nc1ccc(OC(F)(F)F)cc1. The van der Waals surface area contributed by atoms with Crippen LogP contribution in [0.4, 0.5) is 18.9 Å². The molecule has 0 heterocycles. The Morgan fingerprint density at radius 2 is 1.79 bits per heavy atom. The highest BCUT2D eigenvalue weighted by Crippen LogP contribution is 2.24. The summed E-state index contributed by atoms with van der Waals surface area (Å²) in [5.74, 6) is -0.675. The fraction of sp³-hybridized carbons (Fsp3) is 0.600. The maximum Gasteiger partial charge on any atom is 0.573 e. The zero-order chi connectivity index (χ0) is 21.6. The number of rotatable bonds is 7. The van der Waals surface area contributed by atoms with Gasteiger partial charge >= 0.3 is 6.36 Å². The number of nitrogens with one attached hydrogen (secondary N) is 2. The molecule has 0 spiro atoms. The van der Waals surface area contributed by atoms with Crippen molar-refractivity contribution < 1.29 is 32.4 Å². The molecule has 0 bridgehead atoms. The van der Waals surface area contributed by atoms with Crippen LogP contribution >= 0.6 is 0 Å². The van der Waals surface area contributed by atoms with Crippen LogP contribution in [0.2, 0.25) is 0 Å². The predicted octanol–water partition coefficient (Wildman–Crippen LogP) is 2.22. The van der Waals surface area contributed by atoms with Gasteiger partial charge in [0.05, 0.1) is 7.05 Å². The summed E-state index contributed by atoms with van der Waals surface area (Å²) in [6, 6.07) is 4.81. The molecule has 9 heteroatoms. The molecule has 6 nitrogen and oxygen atoms in total. The Morgan fingerprint density at radius 1 is 1.21 bits per heavy atom. The Bertz CT molecular complexity index is 688. The Labute approximate surface area is 169 Å². The van der Waals surface area contributed by atoms with Crippen molar-refractivity contribution in [1.82, 2.24) is 4.90 Å². The Kier molecular flexibility index (Phi) is 7.89. The Morgan fingerprint density at radius 3 is 2.34 bits per heavy atom. The summed E-state index contributed by atoms with van der Waals surface area (Å²) in [4.78, 5) is 27.6. The maximum absolute atomic E-state index is 12.7. The second kappa shape index (κ2) is 9.96. The van der Waals surface area contributed by atoms with E-state index in [1.807, 2.05) is 11.9 Å². The first-order chi connectivity index (χ1) is 13.6. The van der Waals surface area contributed by atoms with E-state index in [1.54, 1.807) is 14.0 Å². The van der Waals surface area contributed by atoms with Gasteiger partial charge in [0.15, 0.2) is 12.6 Å². The molecule has 1 fully saturated rings. The molecule has 0 aromatic heterocycles. The van der Waals surface area contributed by atoms with Crippen LogP contribution in [0.3, 0.4) is 0 Å². The first-order valence-electron chi connectivity index (χ1n) is 9.81. The van der Waals surface area contributed by atoms with Gasteiger partial charge in [0.1, 0.15) is 5.75 Å². The molecule has 1 unspecified atom stereocenters. The van der Waals surface area contributed by atoms with Crippen molar-refractivity contribution >= 4 is 17.5 Å². The lowest BCUT2D eigenvalue weighted by Gasteiger charge is -2.33. The van der Waals surface area contributed by atoms with Crippen LogP contribution in [0.1, 0.15) is 39.0 Å². The number of carbonyl (C=O) groups excluding carboxylic acids is 2. The number of quaternary nitrogens is 1. The summed E-state index contributed by atoms with van der Waals surface area (Å²) >= 11 is 0. The molecule has 1 aliphatic carbocycles. The van der Waals surface area contributed by atoms with Crippen LogP contribution in [0.15, 0.2) is 24.3 Å². The number of anilines is 1. The normalized spacial score (nSPS) is 17.3. The van der Waals surface area contributed by atoms with Crippen molar-refractivity contribution in [3.05, 3.63) is 24.3 Å². The van der Waals surface area contributed by atoms with E-state index >= 15 is 0 Å². The summed E-state index contributed by atoms with van der Waals surface area (Å²) in [6.07, 6.45) is 0.751. The summed E-state index contributed by atoms with van der Waals surface area (Å²) in [6.45, 7) is 1.86. The van der Waals surface area contributed by atoms with E-state index in [4.69, 9.17) is 0 Å². The van der Waals surface area contributed by atoms with Crippen LogP contribution in [-0.2, 0) is 9.59 Å². The van der Waals surface area contributed by atoms with Crippen molar-refractivity contribution in [2.75, 3.05) is 26.0 Å². The highest BCUT2D eigenvalue weighted by atomic mass is 19.4. The fourth-order valence-corrected chi connectivity index (χ4v) is 3.52. The zero-order valence-corrected chi connectivity index (χ0v) is 17.0. The molecule has 0 saturated heterocycles. The number of hydrogen-bond acceptors (Lipinski definition) is 3. The highest BCUT2D eigenvalue weighted by molar-refractivity contribution is 5.91. The summed E-state index contributed by atoms with van der Waals surface area (Å²) in [7, 11) is 3.60. The molecule has 2 atom stereocenters. The molecular formula is C20H29F3N3O3+. The highest BCUT2D eigenvalue weighted by Gasteiger charge is 2.32. The number of halogens is 3. The second-order valence-electron chi connectivity index (χ2n) is 7.61.